The van der Waals surface area contributed by atoms with E-state index in [9.17, 15) is 4.79 Å². The molecule has 1 fully saturated rings. The molecule has 3 aromatic rings. The average molecular weight is 346 g/mol. The van der Waals surface area contributed by atoms with Crippen LogP contribution in [0.25, 0.3) is 11.3 Å². The van der Waals surface area contributed by atoms with Gasteiger partial charge in [0.25, 0.3) is 5.91 Å². The third kappa shape index (κ3) is 3.36. The Morgan fingerprint density at radius 2 is 1.58 bits per heavy atom. The number of carbonyl (C=O) groups is 1. The monoisotopic (exact) mass is 346 g/mol. The van der Waals surface area contributed by atoms with E-state index in [1.807, 2.05) is 48.2 Å². The molecule has 0 spiro atoms. The van der Waals surface area contributed by atoms with E-state index in [4.69, 9.17) is 4.42 Å². The summed E-state index contributed by atoms with van der Waals surface area (Å²) in [5.74, 6) is 1.00. The van der Waals surface area contributed by atoms with Gasteiger partial charge < -0.3 is 14.2 Å². The van der Waals surface area contributed by atoms with Crippen molar-refractivity contribution in [3.63, 3.8) is 0 Å². The predicted octanol–water partition coefficient (Wildman–Crippen LogP) is 4.22. The number of anilines is 1. The minimum absolute atomic E-state index is 0.123. The lowest BCUT2D eigenvalue weighted by Crippen LogP contribution is -2.48. The van der Waals surface area contributed by atoms with Gasteiger partial charge in [-0.15, -0.1) is 0 Å². The molecule has 0 aliphatic carbocycles. The number of rotatable bonds is 3. The third-order valence-electron chi connectivity index (χ3n) is 4.90. The molecule has 4 heteroatoms. The molecule has 26 heavy (non-hydrogen) atoms. The smallest absolute Gasteiger partial charge is 0.253 e. The fourth-order valence-electron chi connectivity index (χ4n) is 3.33. The standard InChI is InChI=1S/C22H22N2O2/c1-17-4-6-19(7-5-17)22(25)24-14-12-23(13-15-24)20-10-8-18(9-11-20)21-3-2-16-26-21/h2-11,16H,12-15H2,1H3. The second-order valence-electron chi connectivity index (χ2n) is 6.67. The zero-order chi connectivity index (χ0) is 17.9. The number of furan rings is 1. The average Bonchev–Trinajstić information content (AvgIpc) is 3.23. The van der Waals surface area contributed by atoms with Gasteiger partial charge in [0, 0.05) is 43.0 Å². The quantitative estimate of drug-likeness (QED) is 0.712. The molecule has 2 aromatic carbocycles. The largest absolute Gasteiger partial charge is 0.464 e. The van der Waals surface area contributed by atoms with Gasteiger partial charge in [-0.1, -0.05) is 17.7 Å². The summed E-state index contributed by atoms with van der Waals surface area (Å²) in [6.07, 6.45) is 1.69. The molecule has 4 rings (SSSR count). The number of hydrogen-bond acceptors (Lipinski definition) is 3. The lowest BCUT2D eigenvalue weighted by atomic mass is 10.1. The first kappa shape index (κ1) is 16.5. The van der Waals surface area contributed by atoms with Crippen LogP contribution in [0.1, 0.15) is 15.9 Å². The van der Waals surface area contributed by atoms with Gasteiger partial charge in [-0.05, 0) is 55.5 Å². The Morgan fingerprint density at radius 3 is 2.19 bits per heavy atom. The van der Waals surface area contributed by atoms with Crippen LogP contribution < -0.4 is 4.90 Å². The Bertz CT molecular complexity index is 860. The fourth-order valence-corrected chi connectivity index (χ4v) is 3.33. The maximum Gasteiger partial charge on any atom is 0.253 e. The van der Waals surface area contributed by atoms with Crippen molar-refractivity contribution < 1.29 is 9.21 Å². The molecule has 1 amide bonds. The van der Waals surface area contributed by atoms with E-state index >= 15 is 0 Å². The van der Waals surface area contributed by atoms with Crippen LogP contribution >= 0.6 is 0 Å². The molecule has 1 saturated heterocycles. The van der Waals surface area contributed by atoms with E-state index in [0.29, 0.717) is 0 Å². The highest BCUT2D eigenvalue weighted by Gasteiger charge is 2.22. The maximum atomic E-state index is 12.6. The summed E-state index contributed by atoms with van der Waals surface area (Å²) >= 11 is 0. The number of aryl methyl sites for hydroxylation is 1. The van der Waals surface area contributed by atoms with Crippen LogP contribution in [-0.4, -0.2) is 37.0 Å². The predicted molar refractivity (Wildman–Crippen MR) is 103 cm³/mol. The van der Waals surface area contributed by atoms with Crippen molar-refractivity contribution in [3.8, 4) is 11.3 Å². The van der Waals surface area contributed by atoms with Gasteiger partial charge in [-0.25, -0.2) is 0 Å². The van der Waals surface area contributed by atoms with Crippen LogP contribution in [0.4, 0.5) is 5.69 Å². The molecule has 1 aliphatic heterocycles. The molecule has 1 aromatic heterocycles. The Morgan fingerprint density at radius 1 is 0.885 bits per heavy atom. The SMILES string of the molecule is Cc1ccc(C(=O)N2CCN(c3ccc(-c4ccco4)cc3)CC2)cc1. The zero-order valence-electron chi connectivity index (χ0n) is 14.9. The summed E-state index contributed by atoms with van der Waals surface area (Å²) in [6, 6.07) is 20.1. The molecule has 132 valence electrons. The van der Waals surface area contributed by atoms with Gasteiger partial charge in [0.2, 0.25) is 0 Å². The summed E-state index contributed by atoms with van der Waals surface area (Å²) in [5, 5.41) is 0. The van der Waals surface area contributed by atoms with Crippen molar-refractivity contribution in [2.75, 3.05) is 31.1 Å². The van der Waals surface area contributed by atoms with Crippen LogP contribution in [0, 0.1) is 6.92 Å². The third-order valence-corrected chi connectivity index (χ3v) is 4.90. The number of nitrogens with zero attached hydrogens (tertiary/aromatic N) is 2. The summed E-state index contributed by atoms with van der Waals surface area (Å²) < 4.78 is 5.44. The fraction of sp³-hybridized carbons (Fsp3) is 0.227. The van der Waals surface area contributed by atoms with Gasteiger partial charge in [0.1, 0.15) is 5.76 Å². The van der Waals surface area contributed by atoms with Crippen molar-refractivity contribution in [1.29, 1.82) is 0 Å². The number of carbonyl (C=O) groups excluding carboxylic acids is 1. The van der Waals surface area contributed by atoms with E-state index in [2.05, 4.69) is 29.2 Å². The topological polar surface area (TPSA) is 36.7 Å². The molecular formula is C22H22N2O2. The first-order valence-corrected chi connectivity index (χ1v) is 8.95. The molecule has 0 unspecified atom stereocenters. The van der Waals surface area contributed by atoms with Gasteiger partial charge in [-0.2, -0.15) is 0 Å². The molecule has 0 saturated carbocycles. The highest BCUT2D eigenvalue weighted by atomic mass is 16.3. The van der Waals surface area contributed by atoms with Crippen LogP contribution in [-0.2, 0) is 0 Å². The van der Waals surface area contributed by atoms with E-state index in [-0.39, 0.29) is 5.91 Å². The highest BCUT2D eigenvalue weighted by Crippen LogP contribution is 2.24. The van der Waals surface area contributed by atoms with Gasteiger partial charge in [-0.3, -0.25) is 4.79 Å². The first-order chi connectivity index (χ1) is 12.7. The molecule has 0 bridgehead atoms. The second-order valence-corrected chi connectivity index (χ2v) is 6.67. The van der Waals surface area contributed by atoms with Crippen molar-refractivity contribution in [2.45, 2.75) is 6.92 Å². The molecular weight excluding hydrogens is 324 g/mol. The second kappa shape index (κ2) is 7.08. The number of amides is 1. The zero-order valence-corrected chi connectivity index (χ0v) is 14.9. The van der Waals surface area contributed by atoms with E-state index in [1.165, 1.54) is 11.3 Å². The molecule has 0 N–H and O–H groups in total. The summed E-state index contributed by atoms with van der Waals surface area (Å²) in [6.45, 7) is 5.21. The lowest BCUT2D eigenvalue weighted by molar-refractivity contribution is 0.0747. The minimum atomic E-state index is 0.123. The Labute approximate surface area is 153 Å². The van der Waals surface area contributed by atoms with Crippen LogP contribution in [0.2, 0.25) is 0 Å². The lowest BCUT2D eigenvalue weighted by Gasteiger charge is -2.36. The summed E-state index contributed by atoms with van der Waals surface area (Å²) in [5.41, 5.74) is 4.20. The summed E-state index contributed by atoms with van der Waals surface area (Å²) in [7, 11) is 0. The highest BCUT2D eigenvalue weighted by molar-refractivity contribution is 5.94. The van der Waals surface area contributed by atoms with Crippen molar-refractivity contribution in [1.82, 2.24) is 4.90 Å². The van der Waals surface area contributed by atoms with E-state index < -0.39 is 0 Å². The Balaban J connectivity index is 1.39. The Hall–Kier alpha value is -3.01. The van der Waals surface area contributed by atoms with E-state index in [1.54, 1.807) is 6.26 Å². The number of benzene rings is 2. The molecule has 4 nitrogen and oxygen atoms in total. The van der Waals surface area contributed by atoms with Crippen molar-refractivity contribution in [3.05, 3.63) is 78.1 Å². The minimum Gasteiger partial charge on any atom is -0.464 e. The number of hydrogen-bond donors (Lipinski definition) is 0. The van der Waals surface area contributed by atoms with Crippen molar-refractivity contribution in [2.24, 2.45) is 0 Å². The molecule has 0 radical (unpaired) electrons. The van der Waals surface area contributed by atoms with E-state index in [0.717, 1.165) is 43.1 Å². The van der Waals surface area contributed by atoms with Gasteiger partial charge >= 0.3 is 0 Å². The van der Waals surface area contributed by atoms with Gasteiger partial charge in [0.05, 0.1) is 6.26 Å². The Kier molecular flexibility index (Phi) is 4.48. The number of piperazine rings is 1. The van der Waals surface area contributed by atoms with Crippen LogP contribution in [0.3, 0.4) is 0 Å². The maximum absolute atomic E-state index is 12.6. The van der Waals surface area contributed by atoms with Crippen LogP contribution in [0.5, 0.6) is 0 Å². The van der Waals surface area contributed by atoms with Crippen LogP contribution in [0.15, 0.2) is 71.3 Å². The first-order valence-electron chi connectivity index (χ1n) is 8.95. The van der Waals surface area contributed by atoms with Crippen molar-refractivity contribution >= 4 is 11.6 Å². The normalized spacial score (nSPS) is 14.5. The summed E-state index contributed by atoms with van der Waals surface area (Å²) in [4.78, 5) is 16.9. The molecule has 0 atom stereocenters. The molecule has 2 heterocycles. The van der Waals surface area contributed by atoms with Gasteiger partial charge in [0.15, 0.2) is 0 Å². The molecule has 1 aliphatic rings.